The summed E-state index contributed by atoms with van der Waals surface area (Å²) < 4.78 is 43.9. The Balaban J connectivity index is 1.14. The van der Waals surface area contributed by atoms with Crippen molar-refractivity contribution in [1.29, 1.82) is 0 Å². The number of hydrogen-bond acceptors (Lipinski definition) is 8. The molecule has 1 N–H and O–H groups in total. The van der Waals surface area contributed by atoms with Crippen LogP contribution >= 0.6 is 0 Å². The van der Waals surface area contributed by atoms with Gasteiger partial charge in [0, 0.05) is 43.9 Å². The first-order valence-electron chi connectivity index (χ1n) is 11.3. The number of benzene rings is 2. The molecule has 1 saturated heterocycles. The second-order valence-electron chi connectivity index (χ2n) is 8.48. The molecule has 2 aliphatic rings. The summed E-state index contributed by atoms with van der Waals surface area (Å²) in [6.45, 7) is 4.39. The number of aryl methyl sites for hydroxylation is 1. The van der Waals surface area contributed by atoms with Crippen molar-refractivity contribution in [2.24, 2.45) is 0 Å². The highest BCUT2D eigenvalue weighted by molar-refractivity contribution is 7.89. The number of hydrogen-bond donors (Lipinski definition) is 1. The first-order chi connectivity index (χ1) is 16.9. The first kappa shape index (κ1) is 23.3. The Morgan fingerprint density at radius 3 is 2.43 bits per heavy atom. The molecule has 2 aromatic carbocycles. The maximum atomic E-state index is 13.1. The summed E-state index contributed by atoms with van der Waals surface area (Å²) in [5, 5.41) is 6.73. The molecule has 0 aliphatic carbocycles. The molecule has 3 aromatic rings. The average molecular weight is 499 g/mol. The van der Waals surface area contributed by atoms with Crippen LogP contribution in [0.4, 0.5) is 5.88 Å². The Kier molecular flexibility index (Phi) is 6.46. The zero-order chi connectivity index (χ0) is 24.4. The van der Waals surface area contributed by atoms with Gasteiger partial charge in [-0.25, -0.2) is 8.42 Å². The molecule has 0 spiro atoms. The summed E-state index contributed by atoms with van der Waals surface area (Å²) in [5.74, 6) is 1.000. The first-order valence-corrected chi connectivity index (χ1v) is 12.8. The van der Waals surface area contributed by atoms with Gasteiger partial charge in [0.25, 0.3) is 0 Å². The number of nitrogens with one attached hydrogen (secondary N) is 1. The summed E-state index contributed by atoms with van der Waals surface area (Å²) in [6.07, 6.45) is 0. The van der Waals surface area contributed by atoms with Crippen molar-refractivity contribution in [3.8, 4) is 22.8 Å². The van der Waals surface area contributed by atoms with E-state index in [1.165, 1.54) is 16.4 Å². The standard InChI is InChI=1S/C24H26N4O6S/c1-17-2-4-18(5-3-17)20-15-24(34-26-20)25-23(29)16-27-8-10-28(11-9-27)35(30,31)19-6-7-21-22(14-19)33-13-12-32-21/h2-7,14-15H,8-13,16H2,1H3,(H,25,29). The molecule has 10 nitrogen and oxygen atoms in total. The van der Waals surface area contributed by atoms with E-state index in [1.54, 1.807) is 12.1 Å². The molecule has 1 fully saturated rings. The molecular formula is C24H26N4O6S. The number of fused-ring (bicyclic) bond motifs is 1. The number of amides is 1. The van der Waals surface area contributed by atoms with Gasteiger partial charge in [0.15, 0.2) is 11.5 Å². The van der Waals surface area contributed by atoms with Crippen LogP contribution in [0.25, 0.3) is 11.3 Å². The van der Waals surface area contributed by atoms with Gasteiger partial charge in [-0.15, -0.1) is 0 Å². The lowest BCUT2D eigenvalue weighted by atomic mass is 10.1. The Bertz CT molecular complexity index is 1310. The number of carbonyl (C=O) groups is 1. The van der Waals surface area contributed by atoms with Crippen molar-refractivity contribution in [2.45, 2.75) is 11.8 Å². The molecule has 2 aliphatic heterocycles. The Hall–Kier alpha value is -3.41. The zero-order valence-corrected chi connectivity index (χ0v) is 20.1. The predicted molar refractivity (Wildman–Crippen MR) is 128 cm³/mol. The highest BCUT2D eigenvalue weighted by Gasteiger charge is 2.30. The third kappa shape index (κ3) is 5.16. The van der Waals surface area contributed by atoms with Crippen molar-refractivity contribution >= 4 is 21.8 Å². The molecule has 0 unspecified atom stereocenters. The van der Waals surface area contributed by atoms with Gasteiger partial charge in [0.05, 0.1) is 11.4 Å². The summed E-state index contributed by atoms with van der Waals surface area (Å²) >= 11 is 0. The second-order valence-corrected chi connectivity index (χ2v) is 10.4. The number of carbonyl (C=O) groups excluding carboxylic acids is 1. The predicted octanol–water partition coefficient (Wildman–Crippen LogP) is 2.37. The molecule has 5 rings (SSSR count). The monoisotopic (exact) mass is 498 g/mol. The molecular weight excluding hydrogens is 472 g/mol. The quantitative estimate of drug-likeness (QED) is 0.551. The van der Waals surface area contributed by atoms with Crippen LogP contribution in [0.2, 0.25) is 0 Å². The number of ether oxygens (including phenoxy) is 2. The van der Waals surface area contributed by atoms with E-state index in [0.717, 1.165) is 11.1 Å². The van der Waals surface area contributed by atoms with Crippen molar-refractivity contribution < 1.29 is 27.2 Å². The smallest absolute Gasteiger partial charge is 0.243 e. The van der Waals surface area contributed by atoms with Gasteiger partial charge in [-0.05, 0) is 19.1 Å². The van der Waals surface area contributed by atoms with E-state index in [0.29, 0.717) is 43.5 Å². The van der Waals surface area contributed by atoms with Crippen LogP contribution in [0.1, 0.15) is 5.56 Å². The van der Waals surface area contributed by atoms with E-state index in [4.69, 9.17) is 14.0 Å². The summed E-state index contributed by atoms with van der Waals surface area (Å²) in [6, 6.07) is 14.2. The zero-order valence-electron chi connectivity index (χ0n) is 19.3. The molecule has 0 bridgehead atoms. The fourth-order valence-corrected chi connectivity index (χ4v) is 5.47. The number of nitrogens with zero attached hydrogens (tertiary/aromatic N) is 3. The average Bonchev–Trinajstić information content (AvgIpc) is 3.32. The van der Waals surface area contributed by atoms with Crippen LogP contribution in [0.5, 0.6) is 11.5 Å². The van der Waals surface area contributed by atoms with E-state index < -0.39 is 10.0 Å². The van der Waals surface area contributed by atoms with E-state index in [2.05, 4.69) is 10.5 Å². The number of rotatable bonds is 6. The van der Waals surface area contributed by atoms with E-state index in [9.17, 15) is 13.2 Å². The van der Waals surface area contributed by atoms with Crippen LogP contribution in [-0.2, 0) is 14.8 Å². The minimum atomic E-state index is -3.68. The molecule has 0 atom stereocenters. The largest absolute Gasteiger partial charge is 0.486 e. The van der Waals surface area contributed by atoms with Gasteiger partial charge in [-0.1, -0.05) is 35.0 Å². The fraction of sp³-hybridized carbons (Fsp3) is 0.333. The Morgan fingerprint density at radius 1 is 0.971 bits per heavy atom. The molecule has 184 valence electrons. The van der Waals surface area contributed by atoms with Crippen molar-refractivity contribution in [3.63, 3.8) is 0 Å². The maximum absolute atomic E-state index is 13.1. The number of sulfonamides is 1. The molecule has 1 amide bonds. The highest BCUT2D eigenvalue weighted by Crippen LogP contribution is 2.33. The van der Waals surface area contributed by atoms with Crippen molar-refractivity contribution in [2.75, 3.05) is 51.3 Å². The van der Waals surface area contributed by atoms with E-state index >= 15 is 0 Å². The van der Waals surface area contributed by atoms with Crippen molar-refractivity contribution in [1.82, 2.24) is 14.4 Å². The van der Waals surface area contributed by atoms with Crippen LogP contribution in [-0.4, -0.2) is 74.6 Å². The molecule has 11 heteroatoms. The summed E-state index contributed by atoms with van der Waals surface area (Å²) in [5.41, 5.74) is 2.68. The molecule has 3 heterocycles. The minimum absolute atomic E-state index is 0.123. The Morgan fingerprint density at radius 2 is 1.69 bits per heavy atom. The molecule has 35 heavy (non-hydrogen) atoms. The normalized spacial score (nSPS) is 16.7. The molecule has 1 aromatic heterocycles. The molecule has 0 radical (unpaired) electrons. The fourth-order valence-electron chi connectivity index (χ4n) is 4.04. The van der Waals surface area contributed by atoms with Gasteiger partial charge >= 0.3 is 0 Å². The lowest BCUT2D eigenvalue weighted by Crippen LogP contribution is -2.50. The number of piperazine rings is 1. The topological polar surface area (TPSA) is 114 Å². The van der Waals surface area contributed by atoms with Gasteiger partial charge in [0.1, 0.15) is 18.9 Å². The second kappa shape index (κ2) is 9.68. The van der Waals surface area contributed by atoms with Gasteiger partial charge in [-0.3, -0.25) is 15.0 Å². The molecule has 0 saturated carbocycles. The van der Waals surface area contributed by atoms with Crippen molar-refractivity contribution in [3.05, 3.63) is 54.1 Å². The number of aromatic nitrogens is 1. The third-order valence-corrected chi connectivity index (χ3v) is 7.86. The summed E-state index contributed by atoms with van der Waals surface area (Å²) in [4.78, 5) is 14.6. The highest BCUT2D eigenvalue weighted by atomic mass is 32.2. The Labute approximate surface area is 203 Å². The SMILES string of the molecule is Cc1ccc(-c2cc(NC(=O)CN3CCN(S(=O)(=O)c4ccc5c(c4)OCCO5)CC3)on2)cc1. The number of anilines is 1. The maximum Gasteiger partial charge on any atom is 0.243 e. The minimum Gasteiger partial charge on any atom is -0.486 e. The van der Waals surface area contributed by atoms with Crippen LogP contribution in [0, 0.1) is 6.92 Å². The third-order valence-electron chi connectivity index (χ3n) is 5.97. The van der Waals surface area contributed by atoms with Gasteiger partial charge < -0.3 is 14.0 Å². The van der Waals surface area contributed by atoms with E-state index in [1.807, 2.05) is 36.1 Å². The lowest BCUT2D eigenvalue weighted by Gasteiger charge is -2.33. The van der Waals surface area contributed by atoms with Crippen LogP contribution in [0.3, 0.4) is 0 Å². The van der Waals surface area contributed by atoms with Gasteiger partial charge in [0.2, 0.25) is 21.8 Å². The van der Waals surface area contributed by atoms with Gasteiger partial charge in [-0.2, -0.15) is 4.31 Å². The summed E-state index contributed by atoms with van der Waals surface area (Å²) in [7, 11) is -3.68. The lowest BCUT2D eigenvalue weighted by molar-refractivity contribution is -0.117. The van der Waals surface area contributed by atoms with Crippen LogP contribution in [0.15, 0.2) is 57.9 Å². The van der Waals surface area contributed by atoms with E-state index in [-0.39, 0.29) is 36.3 Å². The van der Waals surface area contributed by atoms with Crippen LogP contribution < -0.4 is 14.8 Å².